The van der Waals surface area contributed by atoms with Gasteiger partial charge in [-0.3, -0.25) is 29.1 Å². The second-order valence-corrected chi connectivity index (χ2v) is 10.7. The lowest BCUT2D eigenvalue weighted by molar-refractivity contribution is 0.0995. The number of allylic oxidation sites excluding steroid dienone is 2. The summed E-state index contributed by atoms with van der Waals surface area (Å²) in [5.41, 5.74) is 17.7. The zero-order valence-corrected chi connectivity index (χ0v) is 26.7. The van der Waals surface area contributed by atoms with Crippen LogP contribution in [0.3, 0.4) is 0 Å². The summed E-state index contributed by atoms with van der Waals surface area (Å²) >= 11 is 0. The number of rotatable bonds is 10. The first kappa shape index (κ1) is 32.3. The van der Waals surface area contributed by atoms with E-state index in [0.717, 1.165) is 40.8 Å². The number of hydrogen-bond donors (Lipinski definition) is 3. The minimum Gasteiger partial charge on any atom is -0.369 e. The molecule has 0 radical (unpaired) electrons. The highest BCUT2D eigenvalue weighted by Gasteiger charge is 2.18. The van der Waals surface area contributed by atoms with E-state index in [1.54, 1.807) is 39.7 Å². The Balaban J connectivity index is 0.000000371. The van der Waals surface area contributed by atoms with E-state index in [1.165, 1.54) is 0 Å². The molecule has 4 heterocycles. The number of primary amides is 1. The maximum absolute atomic E-state index is 13.1. The van der Waals surface area contributed by atoms with Gasteiger partial charge in [-0.25, -0.2) is 9.97 Å². The summed E-state index contributed by atoms with van der Waals surface area (Å²) in [5, 5.41) is 11.3. The molecule has 242 valence electrons. The van der Waals surface area contributed by atoms with Crippen molar-refractivity contribution in [2.45, 2.75) is 53.9 Å². The van der Waals surface area contributed by atoms with Crippen LogP contribution in [0.1, 0.15) is 56.6 Å². The number of hydrogen-bond acceptors (Lipinski definition) is 8. The highest BCUT2D eigenvalue weighted by Crippen LogP contribution is 2.23. The Labute approximate surface area is 270 Å². The first-order valence-corrected chi connectivity index (χ1v) is 15.1. The average molecular weight is 636 g/mol. The third-order valence-electron chi connectivity index (χ3n) is 7.47. The molecule has 5 N–H and O–H groups in total. The second kappa shape index (κ2) is 13.9. The third kappa shape index (κ3) is 6.96. The van der Waals surface area contributed by atoms with E-state index < -0.39 is 5.91 Å². The standard InChI is InChI=1S/C26H27N9O2.C7H10N2O/c1-3-35-22(14-16(2)32-35)24(37)31-26-30-19-15-17(23(27)36)10-11-21(19)34(26)13-7-6-12-33-20-9-5-4-8-18(20)29-25(33)28;1-3-9-7(5-10)4-6(2)8-9/h4-11,14-15H,3,12-13H2,1-2H3,(H2,27,36)(H2,28,29)(H,30,31,37);4-5H,3H2,1-2H3/b7-6+;. The van der Waals surface area contributed by atoms with Crippen LogP contribution < -0.4 is 16.8 Å². The van der Waals surface area contributed by atoms with Gasteiger partial charge < -0.3 is 20.6 Å². The molecule has 0 saturated heterocycles. The van der Waals surface area contributed by atoms with Crippen molar-refractivity contribution in [2.75, 3.05) is 11.1 Å². The van der Waals surface area contributed by atoms with Crippen molar-refractivity contribution < 1.29 is 14.4 Å². The second-order valence-electron chi connectivity index (χ2n) is 10.7. The molecule has 0 atom stereocenters. The van der Waals surface area contributed by atoms with Crippen molar-refractivity contribution >= 4 is 52.1 Å². The topological polar surface area (TPSA) is 187 Å². The molecule has 0 spiro atoms. The highest BCUT2D eigenvalue weighted by molar-refractivity contribution is 6.03. The van der Waals surface area contributed by atoms with E-state index in [2.05, 4.69) is 25.5 Å². The number of amides is 2. The lowest BCUT2D eigenvalue weighted by Gasteiger charge is -2.09. The van der Waals surface area contributed by atoms with E-state index in [-0.39, 0.29) is 5.91 Å². The Morgan fingerprint density at radius 3 is 2.17 bits per heavy atom. The molecule has 0 aliphatic rings. The van der Waals surface area contributed by atoms with Crippen LogP contribution in [0.4, 0.5) is 11.9 Å². The zero-order chi connectivity index (χ0) is 33.7. The summed E-state index contributed by atoms with van der Waals surface area (Å²) in [4.78, 5) is 44.1. The number of nitrogens with two attached hydrogens (primary N) is 2. The number of anilines is 2. The van der Waals surface area contributed by atoms with Gasteiger partial charge in [-0.2, -0.15) is 10.2 Å². The van der Waals surface area contributed by atoms with Gasteiger partial charge in [0.25, 0.3) is 5.91 Å². The number of aromatic nitrogens is 8. The van der Waals surface area contributed by atoms with Crippen LogP contribution in [0.25, 0.3) is 22.1 Å². The Morgan fingerprint density at radius 1 is 0.830 bits per heavy atom. The molecule has 6 rings (SSSR count). The molecule has 2 aromatic carbocycles. The minimum atomic E-state index is -0.547. The number of aldehydes is 1. The number of benzene rings is 2. The van der Waals surface area contributed by atoms with Crippen molar-refractivity contribution in [3.8, 4) is 0 Å². The molecule has 4 aromatic heterocycles. The maximum atomic E-state index is 13.1. The first-order chi connectivity index (χ1) is 22.6. The van der Waals surface area contributed by atoms with Crippen LogP contribution in [-0.2, 0) is 26.2 Å². The summed E-state index contributed by atoms with van der Waals surface area (Å²) in [6, 6.07) is 16.3. The van der Waals surface area contributed by atoms with Crippen molar-refractivity contribution in [2.24, 2.45) is 5.73 Å². The fraction of sp³-hybridized carbons (Fsp3) is 0.242. The van der Waals surface area contributed by atoms with Crippen LogP contribution in [0.2, 0.25) is 0 Å². The van der Waals surface area contributed by atoms with E-state index in [1.807, 2.05) is 73.2 Å². The molecule has 0 fully saturated rings. The number of carbonyl (C=O) groups is 3. The predicted octanol–water partition coefficient (Wildman–Crippen LogP) is 4.12. The van der Waals surface area contributed by atoms with E-state index in [0.29, 0.717) is 54.0 Å². The number of carbonyl (C=O) groups excluding carboxylic acids is 3. The molecular formula is C33H37N11O3. The minimum absolute atomic E-state index is 0.323. The largest absolute Gasteiger partial charge is 0.369 e. The van der Waals surface area contributed by atoms with Gasteiger partial charge in [0.1, 0.15) is 11.4 Å². The van der Waals surface area contributed by atoms with Gasteiger partial charge in [0.2, 0.25) is 17.8 Å². The lowest BCUT2D eigenvalue weighted by atomic mass is 10.2. The molecule has 0 unspecified atom stereocenters. The molecule has 0 aliphatic carbocycles. The number of aryl methyl sites for hydroxylation is 4. The number of fused-ring (bicyclic) bond motifs is 2. The van der Waals surface area contributed by atoms with Crippen molar-refractivity contribution in [3.63, 3.8) is 0 Å². The molecule has 14 heteroatoms. The van der Waals surface area contributed by atoms with E-state index >= 15 is 0 Å². The van der Waals surface area contributed by atoms with Gasteiger partial charge in [-0.1, -0.05) is 24.3 Å². The number of para-hydroxylation sites is 2. The fourth-order valence-corrected chi connectivity index (χ4v) is 5.26. The number of nitrogens with one attached hydrogen (secondary N) is 1. The van der Waals surface area contributed by atoms with Gasteiger partial charge in [0.15, 0.2) is 6.29 Å². The van der Waals surface area contributed by atoms with E-state index in [9.17, 15) is 14.4 Å². The molecule has 0 bridgehead atoms. The zero-order valence-electron chi connectivity index (χ0n) is 26.7. The normalized spacial score (nSPS) is 11.2. The molecule has 2 amide bonds. The van der Waals surface area contributed by atoms with Gasteiger partial charge in [-0.15, -0.1) is 0 Å². The quantitative estimate of drug-likeness (QED) is 0.148. The summed E-state index contributed by atoms with van der Waals surface area (Å²) < 4.78 is 7.11. The molecule has 6 aromatic rings. The van der Waals surface area contributed by atoms with Gasteiger partial charge in [-0.05, 0) is 70.2 Å². The molecule has 14 nitrogen and oxygen atoms in total. The molecule has 0 aliphatic heterocycles. The Hall–Kier alpha value is -6.05. The summed E-state index contributed by atoms with van der Waals surface area (Å²) in [7, 11) is 0. The van der Waals surface area contributed by atoms with Gasteiger partial charge in [0.05, 0.1) is 33.5 Å². The maximum Gasteiger partial charge on any atom is 0.276 e. The molecule has 0 saturated carbocycles. The van der Waals surface area contributed by atoms with Crippen molar-refractivity contribution in [1.82, 2.24) is 38.7 Å². The summed E-state index contributed by atoms with van der Waals surface area (Å²) in [6.07, 6.45) is 4.77. The summed E-state index contributed by atoms with van der Waals surface area (Å²) in [6.45, 7) is 9.85. The predicted molar refractivity (Wildman–Crippen MR) is 180 cm³/mol. The van der Waals surface area contributed by atoms with Crippen molar-refractivity contribution in [1.29, 1.82) is 0 Å². The van der Waals surface area contributed by atoms with E-state index in [4.69, 9.17) is 11.5 Å². The van der Waals surface area contributed by atoms with Gasteiger partial charge >= 0.3 is 0 Å². The average Bonchev–Trinajstić information content (AvgIpc) is 3.81. The van der Waals surface area contributed by atoms with Crippen LogP contribution >= 0.6 is 0 Å². The number of nitrogen functional groups attached to an aromatic ring is 1. The summed E-state index contributed by atoms with van der Waals surface area (Å²) in [5.74, 6) is -0.0840. The number of imidazole rings is 2. The van der Waals surface area contributed by atoms with Crippen LogP contribution in [0.15, 0.2) is 66.7 Å². The lowest BCUT2D eigenvalue weighted by Crippen LogP contribution is -2.19. The fourth-order valence-electron chi connectivity index (χ4n) is 5.26. The van der Waals surface area contributed by atoms with Crippen LogP contribution in [-0.4, -0.2) is 56.8 Å². The van der Waals surface area contributed by atoms with Crippen LogP contribution in [0.5, 0.6) is 0 Å². The smallest absolute Gasteiger partial charge is 0.276 e. The van der Waals surface area contributed by atoms with Gasteiger partial charge in [0, 0.05) is 31.7 Å². The number of nitrogens with zero attached hydrogens (tertiary/aromatic N) is 8. The SMILES string of the molecule is CCn1nc(C)cc1C(=O)Nc1nc2cc(C(N)=O)ccc2n1C/C=C/Cn1c(N)nc2ccccc21.CCn1nc(C)cc1C=O. The van der Waals surface area contributed by atoms with Crippen molar-refractivity contribution in [3.05, 3.63) is 95.1 Å². The molecular weight excluding hydrogens is 598 g/mol. The first-order valence-electron chi connectivity index (χ1n) is 15.1. The Bertz CT molecular complexity index is 2110. The van der Waals surface area contributed by atoms with Crippen LogP contribution in [0, 0.1) is 13.8 Å². The highest BCUT2D eigenvalue weighted by atomic mass is 16.2. The Morgan fingerprint density at radius 2 is 1.49 bits per heavy atom. The molecule has 47 heavy (non-hydrogen) atoms. The Kier molecular flexibility index (Phi) is 9.59. The monoisotopic (exact) mass is 635 g/mol. The third-order valence-corrected chi connectivity index (χ3v) is 7.47.